The number of hydrogen-bond donors (Lipinski definition) is 2. The second kappa shape index (κ2) is 6.55. The highest BCUT2D eigenvalue weighted by Crippen LogP contribution is 2.21. The van der Waals surface area contributed by atoms with E-state index in [1.165, 1.54) is 13.0 Å². The molecule has 1 aliphatic rings. The summed E-state index contributed by atoms with van der Waals surface area (Å²) >= 11 is 0. The van der Waals surface area contributed by atoms with E-state index in [1.54, 1.807) is 0 Å². The highest BCUT2D eigenvalue weighted by molar-refractivity contribution is 4.91. The maximum Gasteiger partial charge on any atom is 0.0614 e. The maximum atomic E-state index is 9.39. The summed E-state index contributed by atoms with van der Waals surface area (Å²) in [5, 5.41) is 12.7. The number of aliphatic hydroxyl groups is 1. The lowest BCUT2D eigenvalue weighted by atomic mass is 9.88. The van der Waals surface area contributed by atoms with Crippen molar-refractivity contribution in [1.82, 2.24) is 15.1 Å². The Bertz CT molecular complexity index is 183. The highest BCUT2D eigenvalue weighted by atomic mass is 16.3. The molecule has 0 unspecified atom stereocenters. The number of nitrogens with zero attached hydrogens (tertiary/aromatic N) is 2. The van der Waals surface area contributed by atoms with E-state index in [-0.39, 0.29) is 12.1 Å². The van der Waals surface area contributed by atoms with Gasteiger partial charge in [-0.3, -0.25) is 0 Å². The van der Waals surface area contributed by atoms with Crippen molar-refractivity contribution in [2.75, 3.05) is 53.9 Å². The predicted octanol–water partition coefficient (Wildman–Crippen LogP) is -0.0156. The molecule has 0 aromatic heterocycles. The number of likely N-dealkylation sites (tertiary alicyclic amines) is 1. The standard InChI is InChI=1S/C12H27N3O/c1-13-12(11-16)5-9-15(10-6-12)8-4-7-14(2)3/h13,16H,4-11H2,1-3H3. The minimum Gasteiger partial charge on any atom is -0.394 e. The molecule has 1 aliphatic heterocycles. The van der Waals surface area contributed by atoms with Crippen molar-refractivity contribution in [3.63, 3.8) is 0 Å². The van der Waals surface area contributed by atoms with E-state index in [2.05, 4.69) is 29.2 Å². The van der Waals surface area contributed by atoms with Crippen molar-refractivity contribution >= 4 is 0 Å². The zero-order chi connectivity index (χ0) is 12.0. The quantitative estimate of drug-likeness (QED) is 0.672. The van der Waals surface area contributed by atoms with Crippen LogP contribution in [0.4, 0.5) is 0 Å². The van der Waals surface area contributed by atoms with Gasteiger partial charge in [-0.15, -0.1) is 0 Å². The summed E-state index contributed by atoms with van der Waals surface area (Å²) in [7, 11) is 6.19. The molecule has 1 rings (SSSR count). The van der Waals surface area contributed by atoms with Crippen LogP contribution in [0, 0.1) is 0 Å². The van der Waals surface area contributed by atoms with E-state index < -0.39 is 0 Å². The molecule has 4 heteroatoms. The van der Waals surface area contributed by atoms with Gasteiger partial charge < -0.3 is 20.2 Å². The first kappa shape index (κ1) is 13.9. The van der Waals surface area contributed by atoms with E-state index in [0.29, 0.717) is 0 Å². The third kappa shape index (κ3) is 4.01. The predicted molar refractivity (Wildman–Crippen MR) is 67.7 cm³/mol. The Morgan fingerprint density at radius 3 is 2.38 bits per heavy atom. The average Bonchev–Trinajstić information content (AvgIpc) is 2.30. The van der Waals surface area contributed by atoms with Gasteiger partial charge in [-0.2, -0.15) is 0 Å². The fourth-order valence-electron chi connectivity index (χ4n) is 2.30. The van der Waals surface area contributed by atoms with Gasteiger partial charge in [0.2, 0.25) is 0 Å². The van der Waals surface area contributed by atoms with Crippen LogP contribution < -0.4 is 5.32 Å². The van der Waals surface area contributed by atoms with Crippen LogP contribution in [0.2, 0.25) is 0 Å². The molecule has 0 aliphatic carbocycles. The molecule has 0 bridgehead atoms. The molecule has 0 spiro atoms. The Hall–Kier alpha value is -0.160. The first-order chi connectivity index (χ1) is 7.62. The second-order valence-corrected chi connectivity index (χ2v) is 5.19. The lowest BCUT2D eigenvalue weighted by Crippen LogP contribution is -2.54. The van der Waals surface area contributed by atoms with Crippen molar-refractivity contribution in [1.29, 1.82) is 0 Å². The maximum absolute atomic E-state index is 9.39. The Balaban J connectivity index is 2.21. The van der Waals surface area contributed by atoms with Crippen LogP contribution in [-0.2, 0) is 0 Å². The fourth-order valence-corrected chi connectivity index (χ4v) is 2.30. The number of aliphatic hydroxyl groups excluding tert-OH is 1. The Kier molecular flexibility index (Phi) is 5.69. The second-order valence-electron chi connectivity index (χ2n) is 5.19. The minimum atomic E-state index is -0.0158. The van der Waals surface area contributed by atoms with Gasteiger partial charge in [-0.1, -0.05) is 0 Å². The van der Waals surface area contributed by atoms with Gasteiger partial charge in [0.05, 0.1) is 6.61 Å². The fraction of sp³-hybridized carbons (Fsp3) is 1.00. The first-order valence-electron chi connectivity index (χ1n) is 6.29. The molecular formula is C12H27N3O. The van der Waals surface area contributed by atoms with Gasteiger partial charge in [0.15, 0.2) is 0 Å². The van der Waals surface area contributed by atoms with E-state index in [0.717, 1.165) is 32.5 Å². The van der Waals surface area contributed by atoms with Gasteiger partial charge in [-0.25, -0.2) is 0 Å². The molecule has 2 N–H and O–H groups in total. The number of piperidine rings is 1. The summed E-state index contributed by atoms with van der Waals surface area (Å²) < 4.78 is 0. The van der Waals surface area contributed by atoms with E-state index in [9.17, 15) is 5.11 Å². The van der Waals surface area contributed by atoms with E-state index in [1.807, 2.05) is 7.05 Å². The largest absolute Gasteiger partial charge is 0.394 e. The molecule has 1 saturated heterocycles. The summed E-state index contributed by atoms with van der Waals surface area (Å²) in [5.74, 6) is 0. The smallest absolute Gasteiger partial charge is 0.0614 e. The van der Waals surface area contributed by atoms with Crippen LogP contribution in [0.3, 0.4) is 0 Å². The summed E-state index contributed by atoms with van der Waals surface area (Å²) in [6, 6.07) is 0. The Morgan fingerprint density at radius 2 is 1.94 bits per heavy atom. The van der Waals surface area contributed by atoms with Gasteiger partial charge >= 0.3 is 0 Å². The van der Waals surface area contributed by atoms with Crippen LogP contribution >= 0.6 is 0 Å². The zero-order valence-corrected chi connectivity index (χ0v) is 11.0. The molecular weight excluding hydrogens is 202 g/mol. The molecule has 4 nitrogen and oxygen atoms in total. The van der Waals surface area contributed by atoms with Gasteiger partial charge in [0.25, 0.3) is 0 Å². The van der Waals surface area contributed by atoms with Crippen molar-refractivity contribution in [2.45, 2.75) is 24.8 Å². The molecule has 96 valence electrons. The van der Waals surface area contributed by atoms with Crippen LogP contribution in [-0.4, -0.2) is 74.4 Å². The van der Waals surface area contributed by atoms with Crippen molar-refractivity contribution in [3.05, 3.63) is 0 Å². The number of nitrogens with one attached hydrogen (secondary N) is 1. The molecule has 0 aromatic carbocycles. The molecule has 0 atom stereocenters. The van der Waals surface area contributed by atoms with Gasteiger partial charge in [0, 0.05) is 5.54 Å². The van der Waals surface area contributed by atoms with E-state index >= 15 is 0 Å². The summed E-state index contributed by atoms with van der Waals surface area (Å²) in [6.45, 7) is 4.82. The Labute approximate surface area is 99.6 Å². The number of likely N-dealkylation sites (N-methyl/N-ethyl adjacent to an activating group) is 1. The lowest BCUT2D eigenvalue weighted by Gasteiger charge is -2.40. The van der Waals surface area contributed by atoms with Crippen molar-refractivity contribution in [3.8, 4) is 0 Å². The third-order valence-corrected chi connectivity index (χ3v) is 3.73. The monoisotopic (exact) mass is 229 g/mol. The average molecular weight is 229 g/mol. The highest BCUT2D eigenvalue weighted by Gasteiger charge is 2.31. The topological polar surface area (TPSA) is 38.7 Å². The molecule has 0 amide bonds. The Morgan fingerprint density at radius 1 is 1.31 bits per heavy atom. The summed E-state index contributed by atoms with van der Waals surface area (Å²) in [6.07, 6.45) is 3.35. The van der Waals surface area contributed by atoms with Crippen LogP contribution in [0.15, 0.2) is 0 Å². The van der Waals surface area contributed by atoms with Gasteiger partial charge in [-0.05, 0) is 66.6 Å². The van der Waals surface area contributed by atoms with Crippen LogP contribution in [0.25, 0.3) is 0 Å². The number of rotatable bonds is 6. The normalized spacial score (nSPS) is 21.6. The molecule has 0 saturated carbocycles. The first-order valence-corrected chi connectivity index (χ1v) is 6.29. The van der Waals surface area contributed by atoms with Crippen molar-refractivity contribution < 1.29 is 5.11 Å². The SMILES string of the molecule is CNC1(CO)CCN(CCCN(C)C)CC1. The van der Waals surface area contributed by atoms with Crippen LogP contribution in [0.5, 0.6) is 0 Å². The summed E-state index contributed by atoms with van der Waals surface area (Å²) in [5.41, 5.74) is -0.0158. The minimum absolute atomic E-state index is 0.0158. The van der Waals surface area contributed by atoms with Crippen LogP contribution in [0.1, 0.15) is 19.3 Å². The molecule has 1 fully saturated rings. The molecule has 0 aromatic rings. The lowest BCUT2D eigenvalue weighted by molar-refractivity contribution is 0.0829. The summed E-state index contributed by atoms with van der Waals surface area (Å²) in [4.78, 5) is 4.74. The molecule has 16 heavy (non-hydrogen) atoms. The van der Waals surface area contributed by atoms with Crippen molar-refractivity contribution in [2.24, 2.45) is 0 Å². The molecule has 0 radical (unpaired) electrons. The van der Waals surface area contributed by atoms with E-state index in [4.69, 9.17) is 0 Å². The molecule has 1 heterocycles. The number of hydrogen-bond acceptors (Lipinski definition) is 4. The zero-order valence-electron chi connectivity index (χ0n) is 11.0. The third-order valence-electron chi connectivity index (χ3n) is 3.73. The van der Waals surface area contributed by atoms with Gasteiger partial charge in [0.1, 0.15) is 0 Å².